The van der Waals surface area contributed by atoms with E-state index in [4.69, 9.17) is 4.42 Å². The van der Waals surface area contributed by atoms with Gasteiger partial charge in [-0.15, -0.1) is 0 Å². The third-order valence-corrected chi connectivity index (χ3v) is 3.88. The zero-order valence-electron chi connectivity index (χ0n) is 9.91. The standard InChI is InChI=1S/C13H20N2O/c1-15-7-5-10(9-15)14-12-3-2-4-13-11(12)6-8-16-13/h6,8,10,12,14H,2-5,7,9H2,1H3. The number of aryl methyl sites for hydroxylation is 1. The Kier molecular flexibility index (Phi) is 2.74. The van der Waals surface area contributed by atoms with Gasteiger partial charge in [0.25, 0.3) is 0 Å². The SMILES string of the molecule is CN1CCC(NC2CCCc3occc32)C1. The Morgan fingerprint density at radius 2 is 2.38 bits per heavy atom. The second-order valence-electron chi connectivity index (χ2n) is 5.16. The van der Waals surface area contributed by atoms with E-state index in [0.29, 0.717) is 12.1 Å². The van der Waals surface area contributed by atoms with Crippen molar-refractivity contribution in [2.45, 2.75) is 37.8 Å². The van der Waals surface area contributed by atoms with Gasteiger partial charge in [0.15, 0.2) is 0 Å². The lowest BCUT2D eigenvalue weighted by Gasteiger charge is -2.26. The minimum absolute atomic E-state index is 0.527. The molecule has 16 heavy (non-hydrogen) atoms. The van der Waals surface area contributed by atoms with Crippen molar-refractivity contribution in [3.05, 3.63) is 23.7 Å². The first-order valence-corrected chi connectivity index (χ1v) is 6.34. The second kappa shape index (κ2) is 4.22. The van der Waals surface area contributed by atoms with Gasteiger partial charge in [-0.25, -0.2) is 0 Å². The van der Waals surface area contributed by atoms with Crippen LogP contribution in [0.5, 0.6) is 0 Å². The number of likely N-dealkylation sites (tertiary alicyclic amines) is 1. The lowest BCUT2D eigenvalue weighted by molar-refractivity contribution is 0.356. The summed E-state index contributed by atoms with van der Waals surface area (Å²) < 4.78 is 5.52. The molecule has 1 aromatic rings. The van der Waals surface area contributed by atoms with E-state index in [0.717, 1.165) is 6.42 Å². The number of hydrogen-bond donors (Lipinski definition) is 1. The van der Waals surface area contributed by atoms with Crippen molar-refractivity contribution < 1.29 is 4.42 Å². The first kappa shape index (κ1) is 10.4. The molecule has 2 atom stereocenters. The molecule has 0 amide bonds. The highest BCUT2D eigenvalue weighted by Gasteiger charge is 2.27. The molecular formula is C13H20N2O. The summed E-state index contributed by atoms with van der Waals surface area (Å²) in [6.07, 6.45) is 6.74. The molecule has 0 saturated carbocycles. The van der Waals surface area contributed by atoms with Crippen molar-refractivity contribution in [2.24, 2.45) is 0 Å². The molecule has 3 rings (SSSR count). The summed E-state index contributed by atoms with van der Waals surface area (Å²) in [5.74, 6) is 1.20. The molecule has 1 N–H and O–H groups in total. The zero-order valence-corrected chi connectivity index (χ0v) is 9.91. The van der Waals surface area contributed by atoms with Gasteiger partial charge in [0.05, 0.1) is 6.26 Å². The fraction of sp³-hybridized carbons (Fsp3) is 0.692. The van der Waals surface area contributed by atoms with Gasteiger partial charge in [0.2, 0.25) is 0 Å². The number of rotatable bonds is 2. The maximum Gasteiger partial charge on any atom is 0.108 e. The van der Waals surface area contributed by atoms with E-state index in [9.17, 15) is 0 Å². The monoisotopic (exact) mass is 220 g/mol. The number of furan rings is 1. The quantitative estimate of drug-likeness (QED) is 0.825. The van der Waals surface area contributed by atoms with E-state index in [-0.39, 0.29) is 0 Å². The largest absolute Gasteiger partial charge is 0.469 e. The molecule has 2 aliphatic rings. The van der Waals surface area contributed by atoms with Gasteiger partial charge in [-0.1, -0.05) is 0 Å². The minimum atomic E-state index is 0.527. The summed E-state index contributed by atoms with van der Waals surface area (Å²) in [5, 5.41) is 3.79. The van der Waals surface area contributed by atoms with E-state index >= 15 is 0 Å². The maximum absolute atomic E-state index is 5.52. The van der Waals surface area contributed by atoms with Crippen LogP contribution in [0.4, 0.5) is 0 Å². The van der Waals surface area contributed by atoms with Crippen LogP contribution in [0.1, 0.15) is 36.6 Å². The summed E-state index contributed by atoms with van der Waals surface area (Å²) >= 11 is 0. The number of hydrogen-bond acceptors (Lipinski definition) is 3. The molecule has 1 aromatic heterocycles. The van der Waals surface area contributed by atoms with E-state index < -0.39 is 0 Å². The van der Waals surface area contributed by atoms with Crippen LogP contribution in [0, 0.1) is 0 Å². The van der Waals surface area contributed by atoms with Gasteiger partial charge in [0.1, 0.15) is 5.76 Å². The lowest BCUT2D eigenvalue weighted by atomic mass is 9.93. The third kappa shape index (κ3) is 1.89. The molecule has 3 heteroatoms. The molecule has 3 nitrogen and oxygen atoms in total. The first-order valence-electron chi connectivity index (χ1n) is 6.34. The summed E-state index contributed by atoms with van der Waals surface area (Å²) in [4.78, 5) is 2.40. The predicted octanol–water partition coefficient (Wildman–Crippen LogP) is 1.95. The Balaban J connectivity index is 1.68. The van der Waals surface area contributed by atoms with Crippen molar-refractivity contribution in [3.63, 3.8) is 0 Å². The van der Waals surface area contributed by atoms with Crippen LogP contribution in [0.25, 0.3) is 0 Å². The Labute approximate surface area is 96.8 Å². The molecule has 0 spiro atoms. The van der Waals surface area contributed by atoms with Gasteiger partial charge in [-0.05, 0) is 38.9 Å². The molecule has 2 unspecified atom stereocenters. The number of nitrogens with one attached hydrogen (secondary N) is 1. The van der Waals surface area contributed by atoms with Crippen LogP contribution in [-0.4, -0.2) is 31.1 Å². The van der Waals surface area contributed by atoms with Crippen LogP contribution >= 0.6 is 0 Å². The van der Waals surface area contributed by atoms with Crippen LogP contribution in [-0.2, 0) is 6.42 Å². The van der Waals surface area contributed by atoms with E-state index in [2.05, 4.69) is 23.3 Å². The number of fused-ring (bicyclic) bond motifs is 1. The van der Waals surface area contributed by atoms with Crippen LogP contribution < -0.4 is 5.32 Å². The first-order chi connectivity index (χ1) is 7.83. The summed E-state index contributed by atoms with van der Waals surface area (Å²) in [6.45, 7) is 2.41. The van der Waals surface area contributed by atoms with Crippen molar-refractivity contribution in [1.82, 2.24) is 10.2 Å². The van der Waals surface area contributed by atoms with Crippen LogP contribution in [0.2, 0.25) is 0 Å². The Morgan fingerprint density at radius 3 is 3.19 bits per heavy atom. The lowest BCUT2D eigenvalue weighted by Crippen LogP contribution is -2.36. The van der Waals surface area contributed by atoms with Crippen molar-refractivity contribution >= 4 is 0 Å². The second-order valence-corrected chi connectivity index (χ2v) is 5.16. The fourth-order valence-electron chi connectivity index (χ4n) is 3.02. The molecule has 1 saturated heterocycles. The van der Waals surface area contributed by atoms with Gasteiger partial charge < -0.3 is 14.6 Å². The third-order valence-electron chi connectivity index (χ3n) is 3.88. The molecule has 0 radical (unpaired) electrons. The van der Waals surface area contributed by atoms with Gasteiger partial charge in [-0.3, -0.25) is 0 Å². The average molecular weight is 220 g/mol. The van der Waals surface area contributed by atoms with E-state index in [1.165, 1.54) is 43.7 Å². The Morgan fingerprint density at radius 1 is 1.44 bits per heavy atom. The maximum atomic E-state index is 5.52. The Bertz CT molecular complexity index is 361. The predicted molar refractivity (Wildman–Crippen MR) is 63.4 cm³/mol. The topological polar surface area (TPSA) is 28.4 Å². The van der Waals surface area contributed by atoms with E-state index in [1.54, 1.807) is 0 Å². The smallest absolute Gasteiger partial charge is 0.108 e. The Hall–Kier alpha value is -0.800. The van der Waals surface area contributed by atoms with Crippen molar-refractivity contribution in [2.75, 3.05) is 20.1 Å². The van der Waals surface area contributed by atoms with Crippen LogP contribution in [0.3, 0.4) is 0 Å². The molecular weight excluding hydrogens is 200 g/mol. The van der Waals surface area contributed by atoms with Crippen molar-refractivity contribution in [3.8, 4) is 0 Å². The zero-order chi connectivity index (χ0) is 11.0. The molecule has 1 fully saturated rings. The summed E-state index contributed by atoms with van der Waals surface area (Å²) in [6, 6.07) is 3.33. The minimum Gasteiger partial charge on any atom is -0.469 e. The molecule has 88 valence electrons. The molecule has 0 aromatic carbocycles. The fourth-order valence-corrected chi connectivity index (χ4v) is 3.02. The average Bonchev–Trinajstić information content (AvgIpc) is 2.87. The van der Waals surface area contributed by atoms with Gasteiger partial charge in [-0.2, -0.15) is 0 Å². The van der Waals surface area contributed by atoms with Crippen molar-refractivity contribution in [1.29, 1.82) is 0 Å². The molecule has 1 aliphatic carbocycles. The highest BCUT2D eigenvalue weighted by molar-refractivity contribution is 5.24. The summed E-state index contributed by atoms with van der Waals surface area (Å²) in [7, 11) is 2.20. The highest BCUT2D eigenvalue weighted by atomic mass is 16.3. The van der Waals surface area contributed by atoms with Gasteiger partial charge in [0, 0.05) is 30.6 Å². The molecule has 0 bridgehead atoms. The summed E-state index contributed by atoms with van der Waals surface area (Å²) in [5.41, 5.74) is 1.40. The molecule has 1 aliphatic heterocycles. The van der Waals surface area contributed by atoms with Gasteiger partial charge >= 0.3 is 0 Å². The normalized spacial score (nSPS) is 30.6. The molecule has 2 heterocycles. The van der Waals surface area contributed by atoms with E-state index in [1.807, 2.05) is 6.26 Å². The van der Waals surface area contributed by atoms with Crippen LogP contribution in [0.15, 0.2) is 16.7 Å². The number of nitrogens with zero attached hydrogens (tertiary/aromatic N) is 1. The highest BCUT2D eigenvalue weighted by Crippen LogP contribution is 2.31. The number of likely N-dealkylation sites (N-methyl/N-ethyl adjacent to an activating group) is 1.